The third kappa shape index (κ3) is 7.55. The number of rotatable bonds is 10. The average Bonchev–Trinajstić information content (AvgIpc) is 2.90. The van der Waals surface area contributed by atoms with Crippen molar-refractivity contribution in [3.63, 3.8) is 0 Å². The zero-order valence-electron chi connectivity index (χ0n) is 22.1. The molecule has 2 N–H and O–H groups in total. The molecular weight excluding hydrogens is 484 g/mol. The summed E-state index contributed by atoms with van der Waals surface area (Å²) in [6, 6.07) is 21.3. The van der Waals surface area contributed by atoms with E-state index in [1.54, 1.807) is 19.9 Å². The Labute approximate surface area is 222 Å². The second-order valence-corrected chi connectivity index (χ2v) is 9.18. The highest BCUT2D eigenvalue weighted by molar-refractivity contribution is 5.96. The maximum Gasteiger partial charge on any atom is 0.410 e. The smallest absolute Gasteiger partial charge is 0.410 e. The Kier molecular flexibility index (Phi) is 9.81. The van der Waals surface area contributed by atoms with Crippen molar-refractivity contribution < 1.29 is 19.1 Å². The van der Waals surface area contributed by atoms with Gasteiger partial charge in [-0.05, 0) is 50.5 Å². The molecule has 0 saturated carbocycles. The van der Waals surface area contributed by atoms with Crippen molar-refractivity contribution in [1.82, 2.24) is 14.8 Å². The molecule has 1 heterocycles. The maximum atomic E-state index is 13.5. The maximum absolute atomic E-state index is 13.5. The minimum atomic E-state index is -0.899. The zero-order chi connectivity index (χ0) is 27.7. The number of hydrogen-bond donors (Lipinski definition) is 2. The third-order valence-electron chi connectivity index (χ3n) is 5.97. The average molecular weight is 519 g/mol. The summed E-state index contributed by atoms with van der Waals surface area (Å²) in [4.78, 5) is 52.5. The molecule has 0 aliphatic rings. The van der Waals surface area contributed by atoms with Crippen molar-refractivity contribution >= 4 is 23.6 Å². The van der Waals surface area contributed by atoms with E-state index in [2.05, 4.69) is 10.6 Å². The molecule has 2 aromatic carbocycles. The fourth-order valence-electron chi connectivity index (χ4n) is 3.74. The van der Waals surface area contributed by atoms with E-state index >= 15 is 0 Å². The highest BCUT2D eigenvalue weighted by Crippen LogP contribution is 2.19. The SMILES string of the molecule is CC(C)OC(=O)N(C)[C@@H](C)C(=O)Nc1ccc(-c2ccccc2)n(CC(=O)NCCc2ccccc2)c1=O. The number of benzene rings is 2. The summed E-state index contributed by atoms with van der Waals surface area (Å²) in [6.07, 6.45) is -0.322. The Morgan fingerprint density at radius 1 is 0.921 bits per heavy atom. The molecule has 0 aliphatic heterocycles. The number of pyridine rings is 1. The molecule has 200 valence electrons. The van der Waals surface area contributed by atoms with Crippen LogP contribution in [-0.2, 0) is 27.3 Å². The molecule has 0 spiro atoms. The first-order valence-corrected chi connectivity index (χ1v) is 12.5. The predicted molar refractivity (Wildman–Crippen MR) is 147 cm³/mol. The van der Waals surface area contributed by atoms with Crippen molar-refractivity contribution in [3.05, 3.63) is 88.7 Å². The number of carbonyl (C=O) groups excluding carboxylic acids is 3. The van der Waals surface area contributed by atoms with Gasteiger partial charge in [0.05, 0.1) is 11.8 Å². The summed E-state index contributed by atoms with van der Waals surface area (Å²) in [5, 5.41) is 5.47. The number of nitrogens with zero attached hydrogens (tertiary/aromatic N) is 2. The van der Waals surface area contributed by atoms with Gasteiger partial charge in [0, 0.05) is 13.6 Å². The Balaban J connectivity index is 1.80. The van der Waals surface area contributed by atoms with E-state index in [9.17, 15) is 19.2 Å². The molecular formula is C29H34N4O5. The number of hydrogen-bond acceptors (Lipinski definition) is 5. The van der Waals surface area contributed by atoms with Crippen LogP contribution in [0.15, 0.2) is 77.6 Å². The molecule has 0 fully saturated rings. The molecule has 9 heteroatoms. The third-order valence-corrected chi connectivity index (χ3v) is 5.97. The molecule has 0 bridgehead atoms. The lowest BCUT2D eigenvalue weighted by Gasteiger charge is -2.24. The van der Waals surface area contributed by atoms with E-state index < -0.39 is 23.6 Å². The molecule has 9 nitrogen and oxygen atoms in total. The van der Waals surface area contributed by atoms with Gasteiger partial charge < -0.3 is 15.4 Å². The van der Waals surface area contributed by atoms with Crippen LogP contribution in [0.1, 0.15) is 26.3 Å². The number of amides is 3. The largest absolute Gasteiger partial charge is 0.447 e. The summed E-state index contributed by atoms with van der Waals surface area (Å²) in [5.41, 5.74) is 1.86. The molecule has 0 saturated heterocycles. The lowest BCUT2D eigenvalue weighted by molar-refractivity contribution is -0.121. The fraction of sp³-hybridized carbons (Fsp3) is 0.310. The van der Waals surface area contributed by atoms with E-state index in [-0.39, 0.29) is 24.2 Å². The molecule has 3 aromatic rings. The van der Waals surface area contributed by atoms with Crippen LogP contribution >= 0.6 is 0 Å². The lowest BCUT2D eigenvalue weighted by atomic mass is 10.1. The van der Waals surface area contributed by atoms with E-state index in [1.165, 1.54) is 24.6 Å². The quantitative estimate of drug-likeness (QED) is 0.426. The number of carbonyl (C=O) groups is 3. The lowest BCUT2D eigenvalue weighted by Crippen LogP contribution is -2.44. The van der Waals surface area contributed by atoms with Crippen LogP contribution in [0, 0.1) is 0 Å². The van der Waals surface area contributed by atoms with E-state index in [0.29, 0.717) is 18.7 Å². The number of ether oxygens (including phenoxy) is 1. The fourth-order valence-corrected chi connectivity index (χ4v) is 3.74. The Morgan fingerprint density at radius 2 is 1.55 bits per heavy atom. The molecule has 3 amide bonds. The second-order valence-electron chi connectivity index (χ2n) is 9.18. The number of nitrogens with one attached hydrogen (secondary N) is 2. The summed E-state index contributed by atoms with van der Waals surface area (Å²) >= 11 is 0. The van der Waals surface area contributed by atoms with E-state index in [0.717, 1.165) is 16.0 Å². The highest BCUT2D eigenvalue weighted by Gasteiger charge is 2.25. The minimum Gasteiger partial charge on any atom is -0.447 e. The first-order chi connectivity index (χ1) is 18.2. The van der Waals surface area contributed by atoms with Gasteiger partial charge in [-0.3, -0.25) is 23.9 Å². The Bertz CT molecular complexity index is 1310. The first kappa shape index (κ1) is 28.2. The Morgan fingerprint density at radius 3 is 2.18 bits per heavy atom. The van der Waals surface area contributed by atoms with Gasteiger partial charge in [0.25, 0.3) is 5.56 Å². The van der Waals surface area contributed by atoms with Crippen molar-refractivity contribution in [2.75, 3.05) is 18.9 Å². The summed E-state index contributed by atoms with van der Waals surface area (Å²) < 4.78 is 6.48. The second kappa shape index (κ2) is 13.2. The predicted octanol–water partition coefficient (Wildman–Crippen LogP) is 3.68. The van der Waals surface area contributed by atoms with Crippen LogP contribution in [0.2, 0.25) is 0 Å². The summed E-state index contributed by atoms with van der Waals surface area (Å²) in [5.74, 6) is -0.884. The molecule has 0 unspecified atom stereocenters. The van der Waals surface area contributed by atoms with Gasteiger partial charge in [0.15, 0.2) is 0 Å². The van der Waals surface area contributed by atoms with Gasteiger partial charge in [0.1, 0.15) is 18.3 Å². The van der Waals surface area contributed by atoms with E-state index in [1.807, 2.05) is 60.7 Å². The first-order valence-electron chi connectivity index (χ1n) is 12.5. The van der Waals surface area contributed by atoms with Crippen LogP contribution in [0.5, 0.6) is 0 Å². The number of likely N-dealkylation sites (N-methyl/N-ethyl adjacent to an activating group) is 1. The van der Waals surface area contributed by atoms with Crippen LogP contribution in [0.25, 0.3) is 11.3 Å². The van der Waals surface area contributed by atoms with E-state index in [4.69, 9.17) is 4.74 Å². The molecule has 0 aliphatic carbocycles. The summed E-state index contributed by atoms with van der Waals surface area (Å²) in [7, 11) is 1.45. The standard InChI is InChI=1S/C29H34N4O5/c1-20(2)38-29(37)32(4)21(3)27(35)31-24-15-16-25(23-13-9-6-10-14-23)33(28(24)36)19-26(34)30-18-17-22-11-7-5-8-12-22/h5-16,20-21H,17-19H2,1-4H3,(H,30,34)(H,31,35)/t21-/m0/s1. The van der Waals surface area contributed by atoms with Crippen LogP contribution in [0.4, 0.5) is 10.5 Å². The molecule has 1 atom stereocenters. The van der Waals surface area contributed by atoms with Crippen molar-refractivity contribution in [2.45, 2.75) is 45.9 Å². The number of anilines is 1. The van der Waals surface area contributed by atoms with Gasteiger partial charge in [-0.15, -0.1) is 0 Å². The van der Waals surface area contributed by atoms with Gasteiger partial charge in [-0.25, -0.2) is 4.79 Å². The van der Waals surface area contributed by atoms with Crippen LogP contribution < -0.4 is 16.2 Å². The van der Waals surface area contributed by atoms with Gasteiger partial charge in [-0.1, -0.05) is 60.7 Å². The topological polar surface area (TPSA) is 110 Å². The molecule has 0 radical (unpaired) electrons. The van der Waals surface area contributed by atoms with Crippen LogP contribution in [0.3, 0.4) is 0 Å². The molecule has 3 rings (SSSR count). The number of aromatic nitrogens is 1. The van der Waals surface area contributed by atoms with Crippen molar-refractivity contribution in [1.29, 1.82) is 0 Å². The van der Waals surface area contributed by atoms with Gasteiger partial charge in [-0.2, -0.15) is 0 Å². The van der Waals surface area contributed by atoms with Crippen molar-refractivity contribution in [2.24, 2.45) is 0 Å². The monoisotopic (exact) mass is 518 g/mol. The zero-order valence-corrected chi connectivity index (χ0v) is 22.1. The molecule has 1 aromatic heterocycles. The normalized spacial score (nSPS) is 11.5. The van der Waals surface area contributed by atoms with Crippen molar-refractivity contribution in [3.8, 4) is 11.3 Å². The Hall–Kier alpha value is -4.40. The van der Waals surface area contributed by atoms with Gasteiger partial charge in [0.2, 0.25) is 11.8 Å². The van der Waals surface area contributed by atoms with Crippen LogP contribution in [-0.4, -0.2) is 53.1 Å². The molecule has 38 heavy (non-hydrogen) atoms. The minimum absolute atomic E-state index is 0.00393. The summed E-state index contributed by atoms with van der Waals surface area (Å²) in [6.45, 7) is 5.16. The van der Waals surface area contributed by atoms with Gasteiger partial charge >= 0.3 is 6.09 Å². The highest BCUT2D eigenvalue weighted by atomic mass is 16.6.